The fourth-order valence-corrected chi connectivity index (χ4v) is 4.51. The van der Waals surface area contributed by atoms with Gasteiger partial charge in [0.15, 0.2) is 5.78 Å². The Bertz CT molecular complexity index is 1100. The third kappa shape index (κ3) is 4.10. The van der Waals surface area contributed by atoms with Crippen molar-refractivity contribution in [2.45, 2.75) is 39.5 Å². The van der Waals surface area contributed by atoms with Gasteiger partial charge in [-0.25, -0.2) is 4.98 Å². The van der Waals surface area contributed by atoms with Crippen molar-refractivity contribution in [2.24, 2.45) is 5.41 Å². The molecule has 0 spiro atoms. The maximum Gasteiger partial charge on any atom is 0.255 e. The number of allylic oxidation sites excluding steroid dienone is 3. The molecular formula is C25H27N3O3. The second-order valence-electron chi connectivity index (χ2n) is 8.88. The van der Waals surface area contributed by atoms with Crippen LogP contribution in [-0.4, -0.2) is 23.8 Å². The Hall–Kier alpha value is -3.41. The van der Waals surface area contributed by atoms with Crippen LogP contribution in [0.2, 0.25) is 0 Å². The molecule has 1 aromatic heterocycles. The molecular weight excluding hydrogens is 390 g/mol. The van der Waals surface area contributed by atoms with Gasteiger partial charge in [0, 0.05) is 41.1 Å². The smallest absolute Gasteiger partial charge is 0.255 e. The number of nitrogens with one attached hydrogen (secondary N) is 2. The predicted octanol–water partition coefficient (Wildman–Crippen LogP) is 4.33. The molecule has 1 atom stereocenters. The number of amides is 1. The van der Waals surface area contributed by atoms with Gasteiger partial charge in [0.05, 0.1) is 7.11 Å². The first-order valence-corrected chi connectivity index (χ1v) is 10.4. The van der Waals surface area contributed by atoms with Crippen LogP contribution in [-0.2, 0) is 9.59 Å². The van der Waals surface area contributed by atoms with Crippen LogP contribution in [0.1, 0.15) is 45.1 Å². The van der Waals surface area contributed by atoms with Gasteiger partial charge in [0.1, 0.15) is 11.6 Å². The van der Waals surface area contributed by atoms with Crippen molar-refractivity contribution in [3.05, 3.63) is 76.8 Å². The molecule has 0 bridgehead atoms. The first-order valence-electron chi connectivity index (χ1n) is 10.4. The number of ether oxygens (including phenoxy) is 1. The number of methoxy groups -OCH3 is 1. The Labute approximate surface area is 182 Å². The fraction of sp³-hybridized carbons (Fsp3) is 0.320. The van der Waals surface area contributed by atoms with E-state index in [1.165, 1.54) is 0 Å². The van der Waals surface area contributed by atoms with Crippen molar-refractivity contribution in [1.82, 2.24) is 10.3 Å². The van der Waals surface area contributed by atoms with Crippen LogP contribution < -0.4 is 15.4 Å². The number of hydrogen-bond donors (Lipinski definition) is 2. The molecule has 0 unspecified atom stereocenters. The van der Waals surface area contributed by atoms with E-state index in [9.17, 15) is 9.59 Å². The highest BCUT2D eigenvalue weighted by Crippen LogP contribution is 2.47. The quantitative estimate of drug-likeness (QED) is 0.774. The van der Waals surface area contributed by atoms with Gasteiger partial charge in [-0.2, -0.15) is 0 Å². The van der Waals surface area contributed by atoms with Gasteiger partial charge in [-0.3, -0.25) is 9.59 Å². The lowest BCUT2D eigenvalue weighted by molar-refractivity contribution is -0.118. The van der Waals surface area contributed by atoms with E-state index in [0.29, 0.717) is 29.1 Å². The number of ketones is 1. The van der Waals surface area contributed by atoms with E-state index >= 15 is 0 Å². The molecule has 31 heavy (non-hydrogen) atoms. The minimum absolute atomic E-state index is 0.0715. The third-order valence-electron chi connectivity index (χ3n) is 5.82. The summed E-state index contributed by atoms with van der Waals surface area (Å²) in [6.45, 7) is 6.08. The molecule has 0 fully saturated rings. The monoisotopic (exact) mass is 417 g/mol. The van der Waals surface area contributed by atoms with Crippen LogP contribution in [0.15, 0.2) is 71.2 Å². The van der Waals surface area contributed by atoms with E-state index in [4.69, 9.17) is 4.74 Å². The zero-order valence-corrected chi connectivity index (χ0v) is 18.3. The zero-order valence-electron chi connectivity index (χ0n) is 18.3. The van der Waals surface area contributed by atoms with Gasteiger partial charge in [0.25, 0.3) is 5.91 Å². The number of benzene rings is 1. The average Bonchev–Trinajstić information content (AvgIpc) is 2.72. The van der Waals surface area contributed by atoms with Gasteiger partial charge >= 0.3 is 0 Å². The van der Waals surface area contributed by atoms with Crippen molar-refractivity contribution >= 4 is 17.5 Å². The van der Waals surface area contributed by atoms with E-state index in [0.717, 1.165) is 23.4 Å². The number of pyridine rings is 1. The molecule has 1 aliphatic carbocycles. The molecule has 160 valence electrons. The van der Waals surface area contributed by atoms with Gasteiger partial charge in [-0.05, 0) is 48.6 Å². The number of carbonyl (C=O) groups is 2. The number of Topliss-reactive ketones (excluding diaryl/α,β-unsaturated/α-hetero) is 1. The Morgan fingerprint density at radius 2 is 2.00 bits per heavy atom. The van der Waals surface area contributed by atoms with Crippen LogP contribution in [0.5, 0.6) is 5.75 Å². The van der Waals surface area contributed by atoms with Crippen LogP contribution in [0.4, 0.5) is 5.82 Å². The molecule has 2 heterocycles. The van der Waals surface area contributed by atoms with E-state index in [2.05, 4.69) is 29.5 Å². The Morgan fingerprint density at radius 3 is 2.71 bits per heavy atom. The molecule has 1 amide bonds. The molecule has 2 aromatic rings. The lowest BCUT2D eigenvalue weighted by atomic mass is 9.68. The second kappa shape index (κ2) is 8.02. The standard InChI is InChI=1S/C25H27N3O3/c1-15-21(24(30)28-20-10-5-6-11-26-20)22(16-8-7-9-17(12-16)31-4)23-18(27-15)13-25(2,3)14-19(23)29/h5-12,22,27H,13-14H2,1-4H3,(H,26,28,30)/t22-/m0/s1. The number of dihydropyridines is 1. The first-order chi connectivity index (χ1) is 14.8. The van der Waals surface area contributed by atoms with E-state index < -0.39 is 5.92 Å². The lowest BCUT2D eigenvalue weighted by Gasteiger charge is -2.39. The summed E-state index contributed by atoms with van der Waals surface area (Å²) < 4.78 is 5.42. The fourth-order valence-electron chi connectivity index (χ4n) is 4.51. The largest absolute Gasteiger partial charge is 0.497 e. The summed E-state index contributed by atoms with van der Waals surface area (Å²) in [7, 11) is 1.61. The topological polar surface area (TPSA) is 80.3 Å². The SMILES string of the molecule is COc1cccc([C@H]2C(C(=O)Nc3ccccn3)=C(C)NC3=C2C(=O)CC(C)(C)C3)c1. The maximum atomic E-state index is 13.4. The van der Waals surface area contributed by atoms with Crippen LogP contribution >= 0.6 is 0 Å². The first kappa shape index (κ1) is 20.8. The normalized spacial score (nSPS) is 20.1. The Balaban J connectivity index is 1.83. The molecule has 2 N–H and O–H groups in total. The van der Waals surface area contributed by atoms with Crippen LogP contribution in [0, 0.1) is 5.41 Å². The van der Waals surface area contributed by atoms with Gasteiger partial charge in [-0.15, -0.1) is 0 Å². The maximum absolute atomic E-state index is 13.4. The average molecular weight is 418 g/mol. The van der Waals surface area contributed by atoms with Crippen molar-refractivity contribution in [3.63, 3.8) is 0 Å². The molecule has 0 saturated heterocycles. The van der Waals surface area contributed by atoms with Crippen molar-refractivity contribution in [2.75, 3.05) is 12.4 Å². The molecule has 2 aliphatic rings. The van der Waals surface area contributed by atoms with Crippen molar-refractivity contribution in [3.8, 4) is 5.75 Å². The molecule has 1 aromatic carbocycles. The number of rotatable bonds is 4. The highest BCUT2D eigenvalue weighted by molar-refractivity contribution is 6.09. The number of aromatic nitrogens is 1. The summed E-state index contributed by atoms with van der Waals surface area (Å²) in [4.78, 5) is 30.9. The molecule has 6 nitrogen and oxygen atoms in total. The molecule has 0 radical (unpaired) electrons. The minimum Gasteiger partial charge on any atom is -0.497 e. The number of nitrogens with zero attached hydrogens (tertiary/aromatic N) is 1. The number of carbonyl (C=O) groups excluding carboxylic acids is 2. The number of hydrogen-bond acceptors (Lipinski definition) is 5. The Kier molecular flexibility index (Phi) is 5.39. The summed E-state index contributed by atoms with van der Waals surface area (Å²) in [6.07, 6.45) is 2.83. The zero-order chi connectivity index (χ0) is 22.2. The van der Waals surface area contributed by atoms with E-state index in [1.807, 2.05) is 37.3 Å². The van der Waals surface area contributed by atoms with Gasteiger partial charge in [0.2, 0.25) is 0 Å². The lowest BCUT2D eigenvalue weighted by Crippen LogP contribution is -2.39. The minimum atomic E-state index is -0.473. The third-order valence-corrected chi connectivity index (χ3v) is 5.82. The molecule has 0 saturated carbocycles. The Morgan fingerprint density at radius 1 is 1.19 bits per heavy atom. The predicted molar refractivity (Wildman–Crippen MR) is 119 cm³/mol. The molecule has 1 aliphatic heterocycles. The second-order valence-corrected chi connectivity index (χ2v) is 8.88. The summed E-state index contributed by atoms with van der Waals surface area (Å²) in [5.41, 5.74) is 3.56. The molecule has 4 rings (SSSR count). The van der Waals surface area contributed by atoms with Crippen molar-refractivity contribution < 1.29 is 14.3 Å². The van der Waals surface area contributed by atoms with Crippen LogP contribution in [0.3, 0.4) is 0 Å². The van der Waals surface area contributed by atoms with Crippen LogP contribution in [0.25, 0.3) is 0 Å². The summed E-state index contributed by atoms with van der Waals surface area (Å²) in [5.74, 6) is 0.471. The number of anilines is 1. The van der Waals surface area contributed by atoms with Crippen molar-refractivity contribution in [1.29, 1.82) is 0 Å². The van der Waals surface area contributed by atoms with E-state index in [1.54, 1.807) is 25.4 Å². The highest BCUT2D eigenvalue weighted by Gasteiger charge is 2.42. The highest BCUT2D eigenvalue weighted by atomic mass is 16.5. The molecule has 6 heteroatoms. The summed E-state index contributed by atoms with van der Waals surface area (Å²) in [6, 6.07) is 12.9. The van der Waals surface area contributed by atoms with Gasteiger partial charge < -0.3 is 15.4 Å². The summed E-state index contributed by atoms with van der Waals surface area (Å²) >= 11 is 0. The van der Waals surface area contributed by atoms with E-state index in [-0.39, 0.29) is 17.1 Å². The van der Waals surface area contributed by atoms with Gasteiger partial charge in [-0.1, -0.05) is 32.0 Å². The summed E-state index contributed by atoms with van der Waals surface area (Å²) in [5, 5.41) is 6.26.